The molecule has 0 spiro atoms. The number of benzene rings is 2. The molecule has 0 bridgehead atoms. The summed E-state index contributed by atoms with van der Waals surface area (Å²) in [5, 5.41) is 9.57. The molecule has 3 rings (SSSR count). The van der Waals surface area contributed by atoms with Gasteiger partial charge >= 0.3 is 14.5 Å². The van der Waals surface area contributed by atoms with Gasteiger partial charge in [-0.1, -0.05) is 50.2 Å². The van der Waals surface area contributed by atoms with Crippen LogP contribution in [0.5, 0.6) is 5.75 Å². The van der Waals surface area contributed by atoms with Gasteiger partial charge in [0.25, 0.3) is 5.92 Å². The van der Waals surface area contributed by atoms with E-state index in [1.807, 2.05) is 50.2 Å². The summed E-state index contributed by atoms with van der Waals surface area (Å²) >= 11 is 0. The number of rotatable bonds is 13. The minimum absolute atomic E-state index is 0.0938. The lowest BCUT2D eigenvalue weighted by Crippen LogP contribution is -2.44. The van der Waals surface area contributed by atoms with Gasteiger partial charge in [-0.3, -0.25) is 14.6 Å². The van der Waals surface area contributed by atoms with Crippen molar-refractivity contribution < 1.29 is 36.9 Å². The highest BCUT2D eigenvalue weighted by molar-refractivity contribution is 7.45. The monoisotopic (exact) mass is 596 g/mol. The van der Waals surface area contributed by atoms with Gasteiger partial charge in [-0.15, -0.1) is 0 Å². The van der Waals surface area contributed by atoms with Crippen molar-refractivity contribution in [2.45, 2.75) is 71.4 Å². The Balaban J connectivity index is 0.00000287. The lowest BCUT2D eigenvalue weighted by molar-refractivity contribution is -0.149. The van der Waals surface area contributed by atoms with Crippen LogP contribution >= 0.6 is 8.53 Å². The molecule has 4 atom stereocenters. The van der Waals surface area contributed by atoms with Crippen molar-refractivity contribution in [1.29, 1.82) is 0 Å². The van der Waals surface area contributed by atoms with E-state index in [4.69, 9.17) is 18.5 Å². The number of carbonyl (C=O) groups is 2. The predicted molar refractivity (Wildman–Crippen MR) is 156 cm³/mol. The van der Waals surface area contributed by atoms with Crippen molar-refractivity contribution in [1.82, 2.24) is 15.7 Å². The van der Waals surface area contributed by atoms with Crippen LogP contribution in [-0.2, 0) is 23.6 Å². The van der Waals surface area contributed by atoms with Crippen LogP contribution in [0.15, 0.2) is 59.7 Å². The number of alkyl halides is 2. The number of carbonyl (C=O) groups excluding carboxylic acids is 2. The zero-order valence-corrected chi connectivity index (χ0v) is 25.0. The molecular formula is C28H39F2N4O6P. The Hall–Kier alpha value is -3.18. The Morgan fingerprint density at radius 1 is 1.20 bits per heavy atom. The molecule has 0 radical (unpaired) electrons. The maximum absolute atomic E-state index is 14.7. The van der Waals surface area contributed by atoms with Gasteiger partial charge in [0.15, 0.2) is 6.23 Å². The van der Waals surface area contributed by atoms with Crippen LogP contribution in [0.3, 0.4) is 0 Å². The third kappa shape index (κ3) is 10.6. The second-order valence-corrected chi connectivity index (χ2v) is 10.1. The van der Waals surface area contributed by atoms with E-state index in [0.717, 1.165) is 10.8 Å². The number of ether oxygens (including phenoxy) is 2. The second-order valence-electron chi connectivity index (χ2n) is 8.93. The van der Waals surface area contributed by atoms with E-state index in [9.17, 15) is 18.4 Å². The number of hydrogen-bond acceptors (Lipinski definition) is 8. The van der Waals surface area contributed by atoms with Crippen molar-refractivity contribution in [3.05, 3.63) is 54.7 Å². The van der Waals surface area contributed by atoms with E-state index in [2.05, 4.69) is 20.7 Å². The van der Waals surface area contributed by atoms with E-state index < -0.39 is 45.2 Å². The summed E-state index contributed by atoms with van der Waals surface area (Å²) in [6, 6.07) is 12.3. The molecular weight excluding hydrogens is 557 g/mol. The van der Waals surface area contributed by atoms with Crippen LogP contribution in [0.2, 0.25) is 0 Å². The van der Waals surface area contributed by atoms with Crippen molar-refractivity contribution >= 4 is 37.5 Å². The summed E-state index contributed by atoms with van der Waals surface area (Å²) in [5.41, 5.74) is 0. The average Bonchev–Trinajstić information content (AvgIpc) is 3.24. The SMILES string of the molecule is CC.CN=C(/C=C\NC=O)NC1OC(COP(NC(C)C(=O)OC(C)C)Oc2cccc3ccccc23)CC1(F)F. The molecule has 41 heavy (non-hydrogen) atoms. The van der Waals surface area contributed by atoms with Crippen LogP contribution in [0.1, 0.15) is 41.0 Å². The molecule has 226 valence electrons. The smallest absolute Gasteiger partial charge is 0.323 e. The summed E-state index contributed by atoms with van der Waals surface area (Å²) in [5.74, 6) is -3.13. The molecule has 0 aromatic heterocycles. The number of hydrogen-bond donors (Lipinski definition) is 3. The van der Waals surface area contributed by atoms with E-state index in [-0.39, 0.29) is 18.5 Å². The number of halogens is 2. The summed E-state index contributed by atoms with van der Waals surface area (Å²) in [4.78, 5) is 26.7. The lowest BCUT2D eigenvalue weighted by atomic mass is 10.1. The number of esters is 1. The second kappa shape index (κ2) is 16.9. The number of aliphatic imine (C=N–C) groups is 1. The number of amidine groups is 1. The van der Waals surface area contributed by atoms with Crippen LogP contribution in [0.4, 0.5) is 8.78 Å². The van der Waals surface area contributed by atoms with Crippen molar-refractivity contribution in [2.75, 3.05) is 13.7 Å². The molecule has 1 aliphatic heterocycles. The first-order valence-corrected chi connectivity index (χ1v) is 14.5. The maximum Gasteiger partial charge on any atom is 0.323 e. The number of fused-ring (bicyclic) bond motifs is 1. The highest BCUT2D eigenvalue weighted by Gasteiger charge is 2.51. The topological polar surface area (TPSA) is 120 Å². The molecule has 0 saturated carbocycles. The number of nitrogens with one attached hydrogen (secondary N) is 3. The van der Waals surface area contributed by atoms with Crippen LogP contribution in [0, 0.1) is 0 Å². The molecule has 1 fully saturated rings. The van der Waals surface area contributed by atoms with E-state index in [1.54, 1.807) is 26.8 Å². The minimum Gasteiger partial charge on any atom is -0.462 e. The first-order chi connectivity index (χ1) is 19.6. The molecule has 10 nitrogen and oxygen atoms in total. The molecule has 1 amide bonds. The van der Waals surface area contributed by atoms with Gasteiger partial charge in [0.05, 0.1) is 18.8 Å². The summed E-state index contributed by atoms with van der Waals surface area (Å²) in [7, 11) is -0.558. The van der Waals surface area contributed by atoms with Gasteiger partial charge in [0.1, 0.15) is 17.6 Å². The Morgan fingerprint density at radius 2 is 1.90 bits per heavy atom. The highest BCUT2D eigenvalue weighted by Crippen LogP contribution is 2.41. The Bertz CT molecular complexity index is 1180. The minimum atomic E-state index is -3.23. The van der Waals surface area contributed by atoms with Gasteiger partial charge in [0.2, 0.25) is 6.41 Å². The van der Waals surface area contributed by atoms with E-state index in [0.29, 0.717) is 12.2 Å². The molecule has 1 saturated heterocycles. The molecule has 4 unspecified atom stereocenters. The first kappa shape index (κ1) is 34.0. The van der Waals surface area contributed by atoms with Gasteiger partial charge in [0, 0.05) is 25.1 Å². The molecule has 3 N–H and O–H groups in total. The van der Waals surface area contributed by atoms with Crippen molar-refractivity contribution in [2.24, 2.45) is 4.99 Å². The fraction of sp³-hybridized carbons (Fsp3) is 0.464. The number of amides is 1. The fourth-order valence-corrected chi connectivity index (χ4v) is 4.87. The molecule has 1 aliphatic rings. The molecule has 2 aromatic carbocycles. The highest BCUT2D eigenvalue weighted by atomic mass is 31.2. The number of nitrogens with zero attached hydrogens (tertiary/aromatic N) is 1. The molecule has 0 aliphatic carbocycles. The summed E-state index contributed by atoms with van der Waals surface area (Å²) < 4.78 is 52.3. The zero-order chi connectivity index (χ0) is 30.4. The van der Waals surface area contributed by atoms with Crippen LogP contribution in [-0.4, -0.2) is 62.3 Å². The van der Waals surface area contributed by atoms with Gasteiger partial charge in [-0.25, -0.2) is 13.9 Å². The Labute approximate surface area is 240 Å². The lowest BCUT2D eigenvalue weighted by Gasteiger charge is -2.24. The van der Waals surface area contributed by atoms with E-state index >= 15 is 0 Å². The van der Waals surface area contributed by atoms with E-state index in [1.165, 1.54) is 19.3 Å². The van der Waals surface area contributed by atoms with Crippen LogP contribution in [0.25, 0.3) is 10.8 Å². The van der Waals surface area contributed by atoms with Crippen molar-refractivity contribution in [3.8, 4) is 5.75 Å². The molecule has 2 aromatic rings. The van der Waals surface area contributed by atoms with Gasteiger partial charge in [-0.2, -0.15) is 0 Å². The quantitative estimate of drug-likeness (QED) is 0.0967. The zero-order valence-electron chi connectivity index (χ0n) is 24.1. The van der Waals surface area contributed by atoms with Gasteiger partial charge < -0.3 is 29.2 Å². The first-order valence-electron chi connectivity index (χ1n) is 13.3. The normalized spacial score (nSPS) is 19.8. The Kier molecular flexibility index (Phi) is 14.1. The standard InChI is InChI=1S/C26H33F2N4O6P.C2H6/c1-17(2)36-24(34)18(3)32-39(38-22-11-7-9-19-8-5-6-10-21(19)22)35-15-20-14-26(27,28)25(37-20)31-23(29-4)12-13-30-16-33;1-2/h5-13,16-18,20,25,32H,14-15H2,1-4H3,(H,29,31)(H,30,33);1-2H3/b13-12-;. The predicted octanol–water partition coefficient (Wildman–Crippen LogP) is 5.05. The van der Waals surface area contributed by atoms with Crippen molar-refractivity contribution in [3.63, 3.8) is 0 Å². The third-order valence-electron chi connectivity index (χ3n) is 5.45. The van der Waals surface area contributed by atoms with Gasteiger partial charge in [-0.05, 0) is 38.3 Å². The molecule has 13 heteroatoms. The summed E-state index contributed by atoms with van der Waals surface area (Å²) in [6.45, 7) is 8.85. The Morgan fingerprint density at radius 3 is 2.59 bits per heavy atom. The largest absolute Gasteiger partial charge is 0.462 e. The average molecular weight is 597 g/mol. The maximum atomic E-state index is 14.7. The fourth-order valence-electron chi connectivity index (χ4n) is 3.63. The molecule has 1 heterocycles. The van der Waals surface area contributed by atoms with Crippen LogP contribution < -0.4 is 20.2 Å². The summed E-state index contributed by atoms with van der Waals surface area (Å²) in [6.07, 6.45) is -0.542. The third-order valence-corrected chi connectivity index (χ3v) is 6.79.